The summed E-state index contributed by atoms with van der Waals surface area (Å²) in [5, 5.41) is 0.649. The standard InChI is InChI=1S/C24H14Br3NO3/c25-16-5-1-14(2-6-16)22-12-20(19-11-18(27)9-10-21(19)28-22)24(30)31-13-23(29)15-3-7-17(26)8-4-15/h1-12H,13H2. The van der Waals surface area contributed by atoms with Gasteiger partial charge in [-0.3, -0.25) is 4.79 Å². The minimum Gasteiger partial charge on any atom is -0.454 e. The lowest BCUT2D eigenvalue weighted by atomic mass is 10.0. The van der Waals surface area contributed by atoms with Crippen LogP contribution in [-0.2, 0) is 4.74 Å². The molecule has 0 unspecified atom stereocenters. The van der Waals surface area contributed by atoms with E-state index < -0.39 is 5.97 Å². The van der Waals surface area contributed by atoms with E-state index in [-0.39, 0.29) is 12.4 Å². The molecule has 0 saturated heterocycles. The third kappa shape index (κ3) is 5.11. The van der Waals surface area contributed by atoms with Gasteiger partial charge in [-0.25, -0.2) is 9.78 Å². The van der Waals surface area contributed by atoms with Gasteiger partial charge in [-0.15, -0.1) is 0 Å². The Hall–Kier alpha value is -2.35. The average molecular weight is 604 g/mol. The summed E-state index contributed by atoms with van der Waals surface area (Å²) in [6.07, 6.45) is 0. The summed E-state index contributed by atoms with van der Waals surface area (Å²) in [7, 11) is 0. The summed E-state index contributed by atoms with van der Waals surface area (Å²) in [5.74, 6) is -0.845. The van der Waals surface area contributed by atoms with Crippen LogP contribution in [0.25, 0.3) is 22.2 Å². The van der Waals surface area contributed by atoms with Crippen LogP contribution >= 0.6 is 47.8 Å². The number of Topliss-reactive ketones (excluding diaryl/α,β-unsaturated/α-hetero) is 1. The molecule has 0 radical (unpaired) electrons. The van der Waals surface area contributed by atoms with Crippen molar-refractivity contribution in [3.63, 3.8) is 0 Å². The molecule has 31 heavy (non-hydrogen) atoms. The van der Waals surface area contributed by atoms with Crippen LogP contribution in [0, 0.1) is 0 Å². The van der Waals surface area contributed by atoms with E-state index in [2.05, 4.69) is 47.8 Å². The molecule has 0 spiro atoms. The number of ketones is 1. The van der Waals surface area contributed by atoms with E-state index in [1.54, 1.807) is 30.3 Å². The van der Waals surface area contributed by atoms with Gasteiger partial charge in [-0.1, -0.05) is 72.1 Å². The van der Waals surface area contributed by atoms with Gasteiger partial charge >= 0.3 is 5.97 Å². The molecule has 7 heteroatoms. The molecule has 0 N–H and O–H groups in total. The zero-order valence-corrected chi connectivity index (χ0v) is 20.7. The molecule has 1 heterocycles. The lowest BCUT2D eigenvalue weighted by molar-refractivity contribution is 0.0476. The molecule has 0 atom stereocenters. The van der Waals surface area contributed by atoms with Crippen molar-refractivity contribution in [1.82, 2.24) is 4.98 Å². The van der Waals surface area contributed by atoms with E-state index in [4.69, 9.17) is 9.72 Å². The van der Waals surface area contributed by atoms with E-state index >= 15 is 0 Å². The summed E-state index contributed by atoms with van der Waals surface area (Å²) in [4.78, 5) is 30.1. The van der Waals surface area contributed by atoms with Gasteiger partial charge in [-0.05, 0) is 48.5 Å². The Morgan fingerprint density at radius 1 is 0.774 bits per heavy atom. The molecule has 0 fully saturated rings. The van der Waals surface area contributed by atoms with Crippen LogP contribution in [0.3, 0.4) is 0 Å². The lowest BCUT2D eigenvalue weighted by Gasteiger charge is -2.11. The number of pyridine rings is 1. The van der Waals surface area contributed by atoms with Gasteiger partial charge in [0.1, 0.15) is 0 Å². The molecular formula is C24H14Br3NO3. The second kappa shape index (κ2) is 9.42. The fraction of sp³-hybridized carbons (Fsp3) is 0.0417. The number of benzene rings is 3. The topological polar surface area (TPSA) is 56.3 Å². The molecule has 3 aromatic carbocycles. The Kier molecular flexibility index (Phi) is 6.65. The number of rotatable bonds is 5. The Bertz CT molecular complexity index is 1290. The van der Waals surface area contributed by atoms with Crippen LogP contribution < -0.4 is 0 Å². The zero-order chi connectivity index (χ0) is 22.0. The van der Waals surface area contributed by atoms with Crippen LogP contribution in [0.15, 0.2) is 86.2 Å². The van der Waals surface area contributed by atoms with Crippen LogP contribution in [0.2, 0.25) is 0 Å². The number of fused-ring (bicyclic) bond motifs is 1. The first-order chi connectivity index (χ1) is 14.9. The van der Waals surface area contributed by atoms with Gasteiger partial charge in [0, 0.05) is 29.9 Å². The van der Waals surface area contributed by atoms with Crippen molar-refractivity contribution < 1.29 is 14.3 Å². The number of hydrogen-bond donors (Lipinski definition) is 0. The van der Waals surface area contributed by atoms with Crippen molar-refractivity contribution in [3.05, 3.63) is 97.3 Å². The molecular weight excluding hydrogens is 590 g/mol. The predicted molar refractivity (Wildman–Crippen MR) is 131 cm³/mol. The van der Waals surface area contributed by atoms with Crippen LogP contribution in [0.5, 0.6) is 0 Å². The number of hydrogen-bond acceptors (Lipinski definition) is 4. The maximum absolute atomic E-state index is 13.0. The number of nitrogens with zero attached hydrogens (tertiary/aromatic N) is 1. The van der Waals surface area contributed by atoms with Gasteiger partial charge in [0.15, 0.2) is 12.4 Å². The summed E-state index contributed by atoms with van der Waals surface area (Å²) < 4.78 is 8.02. The first-order valence-electron chi connectivity index (χ1n) is 9.23. The van der Waals surface area contributed by atoms with Crippen molar-refractivity contribution in [2.24, 2.45) is 0 Å². The molecule has 4 rings (SSSR count). The second-order valence-corrected chi connectivity index (χ2v) is 9.48. The fourth-order valence-electron chi connectivity index (χ4n) is 3.06. The maximum atomic E-state index is 13.0. The smallest absolute Gasteiger partial charge is 0.339 e. The highest BCUT2D eigenvalue weighted by atomic mass is 79.9. The van der Waals surface area contributed by atoms with Gasteiger partial charge in [-0.2, -0.15) is 0 Å². The lowest BCUT2D eigenvalue weighted by Crippen LogP contribution is -2.15. The molecule has 0 amide bonds. The van der Waals surface area contributed by atoms with Crippen LogP contribution in [-0.4, -0.2) is 23.3 Å². The number of carbonyl (C=O) groups excluding carboxylic acids is 2. The van der Waals surface area contributed by atoms with E-state index in [9.17, 15) is 9.59 Å². The summed E-state index contributed by atoms with van der Waals surface area (Å²) in [6, 6.07) is 21.8. The Morgan fingerprint density at radius 3 is 2.06 bits per heavy atom. The quantitative estimate of drug-likeness (QED) is 0.178. The average Bonchev–Trinajstić information content (AvgIpc) is 2.77. The molecule has 0 aliphatic heterocycles. The highest BCUT2D eigenvalue weighted by Crippen LogP contribution is 2.28. The second-order valence-electron chi connectivity index (χ2n) is 6.73. The van der Waals surface area contributed by atoms with Crippen LogP contribution in [0.1, 0.15) is 20.7 Å². The monoisotopic (exact) mass is 601 g/mol. The third-order valence-corrected chi connectivity index (χ3v) is 6.18. The molecule has 0 aliphatic rings. The van der Waals surface area contributed by atoms with Crippen molar-refractivity contribution in [3.8, 4) is 11.3 Å². The largest absolute Gasteiger partial charge is 0.454 e. The normalized spacial score (nSPS) is 10.8. The zero-order valence-electron chi connectivity index (χ0n) is 15.9. The van der Waals surface area contributed by atoms with Gasteiger partial charge in [0.05, 0.1) is 16.8 Å². The van der Waals surface area contributed by atoms with Crippen molar-refractivity contribution in [2.75, 3.05) is 6.61 Å². The van der Waals surface area contributed by atoms with E-state index in [1.807, 2.05) is 42.5 Å². The van der Waals surface area contributed by atoms with Gasteiger partial charge in [0.25, 0.3) is 0 Å². The first-order valence-corrected chi connectivity index (χ1v) is 11.6. The van der Waals surface area contributed by atoms with Gasteiger partial charge < -0.3 is 4.74 Å². The number of ether oxygens (including phenoxy) is 1. The van der Waals surface area contributed by atoms with E-state index in [0.29, 0.717) is 27.7 Å². The van der Waals surface area contributed by atoms with Crippen molar-refractivity contribution in [1.29, 1.82) is 0 Å². The minimum absolute atomic E-state index is 0.270. The highest BCUT2D eigenvalue weighted by Gasteiger charge is 2.17. The summed E-state index contributed by atoms with van der Waals surface area (Å²) in [5.41, 5.74) is 3.01. The van der Waals surface area contributed by atoms with E-state index in [0.717, 1.165) is 19.0 Å². The van der Waals surface area contributed by atoms with Crippen molar-refractivity contribution in [2.45, 2.75) is 0 Å². The predicted octanol–water partition coefficient (Wildman–Crippen LogP) is 7.23. The molecule has 0 saturated carbocycles. The van der Waals surface area contributed by atoms with Crippen molar-refractivity contribution >= 4 is 70.4 Å². The third-order valence-electron chi connectivity index (χ3n) is 4.63. The molecule has 4 nitrogen and oxygen atoms in total. The number of halogens is 3. The number of esters is 1. The SMILES string of the molecule is O=C(COC(=O)c1cc(-c2ccc(Br)cc2)nc2ccc(Br)cc12)c1ccc(Br)cc1. The molecule has 1 aromatic heterocycles. The minimum atomic E-state index is -0.575. The molecule has 154 valence electrons. The van der Waals surface area contributed by atoms with Gasteiger partial charge in [0.2, 0.25) is 0 Å². The number of carbonyl (C=O) groups is 2. The number of aromatic nitrogens is 1. The summed E-state index contributed by atoms with van der Waals surface area (Å²) in [6.45, 7) is -0.341. The molecule has 4 aromatic rings. The fourth-order valence-corrected chi connectivity index (χ4v) is 3.95. The van der Waals surface area contributed by atoms with E-state index in [1.165, 1.54) is 0 Å². The highest BCUT2D eigenvalue weighted by molar-refractivity contribution is 9.11. The summed E-state index contributed by atoms with van der Waals surface area (Å²) >= 11 is 10.2. The Balaban J connectivity index is 1.66. The van der Waals surface area contributed by atoms with Crippen LogP contribution in [0.4, 0.5) is 0 Å². The maximum Gasteiger partial charge on any atom is 0.339 e. The first kappa shape index (κ1) is 21.9. The molecule has 0 aliphatic carbocycles. The Morgan fingerprint density at radius 2 is 1.39 bits per heavy atom. The Labute approximate surface area is 204 Å². The molecule has 0 bridgehead atoms.